The molecule has 0 unspecified atom stereocenters. The molecule has 0 saturated heterocycles. The largest absolute Gasteiger partial charge is 0.481 e. The number of aliphatic carboxylic acids is 1. The summed E-state index contributed by atoms with van der Waals surface area (Å²) in [5, 5.41) is 8.62. The highest BCUT2D eigenvalue weighted by atomic mass is 16.4. The zero-order chi connectivity index (χ0) is 25.5. The fourth-order valence-electron chi connectivity index (χ4n) is 5.00. The van der Waals surface area contributed by atoms with Crippen LogP contribution in [0, 0.1) is 0 Å². The first-order valence-electron chi connectivity index (χ1n) is 16.1. The van der Waals surface area contributed by atoms with Gasteiger partial charge < -0.3 is 5.11 Å². The maximum absolute atomic E-state index is 10.5. The first-order chi connectivity index (χ1) is 17.3. The zero-order valence-corrected chi connectivity index (χ0v) is 24.0. The van der Waals surface area contributed by atoms with Gasteiger partial charge in [-0.1, -0.05) is 167 Å². The summed E-state index contributed by atoms with van der Waals surface area (Å²) in [7, 11) is 0. The quantitative estimate of drug-likeness (QED) is 0.0799. The standard InChI is InChI=1S/C33H64O2/c1-2-3-4-5-6-7-8-9-10-11-12-13-14-15-16-17-18-19-20-21-22-23-24-25-26-27-28-29-30-31-32-33(34)35/h9-10H,2-8,11-32H2,1H3,(H,34,35)/b10-9-. The van der Waals surface area contributed by atoms with Gasteiger partial charge in [-0.05, 0) is 32.1 Å². The second kappa shape index (κ2) is 31.2. The predicted molar refractivity (Wildman–Crippen MR) is 156 cm³/mol. The fraction of sp³-hybridized carbons (Fsp3) is 0.909. The van der Waals surface area contributed by atoms with Crippen molar-refractivity contribution in [2.75, 3.05) is 0 Å². The minimum Gasteiger partial charge on any atom is -0.481 e. The first-order valence-corrected chi connectivity index (χ1v) is 16.1. The smallest absolute Gasteiger partial charge is 0.303 e. The third-order valence-electron chi connectivity index (χ3n) is 7.40. The Morgan fingerprint density at radius 1 is 0.429 bits per heavy atom. The molecule has 0 aromatic rings. The number of hydrogen-bond acceptors (Lipinski definition) is 1. The third kappa shape index (κ3) is 33.2. The summed E-state index contributed by atoms with van der Waals surface area (Å²) in [6.45, 7) is 2.29. The molecule has 0 aliphatic rings. The molecule has 0 atom stereocenters. The van der Waals surface area contributed by atoms with Crippen LogP contribution in [0.3, 0.4) is 0 Å². The predicted octanol–water partition coefficient (Wildman–Crippen LogP) is 12.0. The number of carboxylic acid groups (broad SMARTS) is 1. The van der Waals surface area contributed by atoms with Crippen molar-refractivity contribution in [3.63, 3.8) is 0 Å². The van der Waals surface area contributed by atoms with Crippen molar-refractivity contribution in [1.29, 1.82) is 0 Å². The van der Waals surface area contributed by atoms with Crippen molar-refractivity contribution in [2.24, 2.45) is 0 Å². The van der Waals surface area contributed by atoms with Crippen LogP contribution in [0.25, 0.3) is 0 Å². The number of unbranched alkanes of at least 4 members (excludes halogenated alkanes) is 26. The average Bonchev–Trinajstić information content (AvgIpc) is 2.85. The van der Waals surface area contributed by atoms with Gasteiger partial charge in [-0.2, -0.15) is 0 Å². The summed E-state index contributed by atoms with van der Waals surface area (Å²) in [6.07, 6.45) is 43.5. The molecule has 0 aromatic carbocycles. The molecule has 2 nitrogen and oxygen atoms in total. The van der Waals surface area contributed by atoms with E-state index in [9.17, 15) is 4.79 Å². The second-order valence-electron chi connectivity index (χ2n) is 11.0. The summed E-state index contributed by atoms with van der Waals surface area (Å²) >= 11 is 0. The highest BCUT2D eigenvalue weighted by Gasteiger charge is 1.97. The monoisotopic (exact) mass is 492 g/mol. The summed E-state index contributed by atoms with van der Waals surface area (Å²) in [5.41, 5.74) is 0. The van der Waals surface area contributed by atoms with Gasteiger partial charge in [0.25, 0.3) is 0 Å². The van der Waals surface area contributed by atoms with Crippen LogP contribution in [0.15, 0.2) is 12.2 Å². The minimum atomic E-state index is -0.650. The van der Waals surface area contributed by atoms with E-state index in [1.165, 1.54) is 167 Å². The van der Waals surface area contributed by atoms with E-state index < -0.39 is 5.97 Å². The molecule has 35 heavy (non-hydrogen) atoms. The van der Waals surface area contributed by atoms with Crippen molar-refractivity contribution < 1.29 is 9.90 Å². The van der Waals surface area contributed by atoms with E-state index in [4.69, 9.17) is 5.11 Å². The van der Waals surface area contributed by atoms with E-state index in [2.05, 4.69) is 19.1 Å². The van der Waals surface area contributed by atoms with Crippen molar-refractivity contribution in [3.8, 4) is 0 Å². The van der Waals surface area contributed by atoms with Crippen LogP contribution >= 0.6 is 0 Å². The Balaban J connectivity index is 3.06. The van der Waals surface area contributed by atoms with Crippen LogP contribution in [-0.2, 0) is 4.79 Å². The highest BCUT2D eigenvalue weighted by molar-refractivity contribution is 5.66. The van der Waals surface area contributed by atoms with Gasteiger partial charge in [0.15, 0.2) is 0 Å². The van der Waals surface area contributed by atoms with Gasteiger partial charge in [0.1, 0.15) is 0 Å². The lowest BCUT2D eigenvalue weighted by atomic mass is 10.0. The van der Waals surface area contributed by atoms with Crippen molar-refractivity contribution in [2.45, 2.75) is 193 Å². The molecule has 2 heteroatoms. The third-order valence-corrected chi connectivity index (χ3v) is 7.40. The molecule has 0 aliphatic carbocycles. The molecule has 0 radical (unpaired) electrons. The van der Waals surface area contributed by atoms with Gasteiger partial charge in [-0.15, -0.1) is 0 Å². The van der Waals surface area contributed by atoms with E-state index in [-0.39, 0.29) is 0 Å². The Hall–Kier alpha value is -0.790. The summed E-state index contributed by atoms with van der Waals surface area (Å²) in [6, 6.07) is 0. The molecule has 0 fully saturated rings. The second-order valence-corrected chi connectivity index (χ2v) is 11.0. The first kappa shape index (κ1) is 34.2. The topological polar surface area (TPSA) is 37.3 Å². The maximum Gasteiger partial charge on any atom is 0.303 e. The Labute approximate surface area is 221 Å². The molecule has 0 spiro atoms. The van der Waals surface area contributed by atoms with Crippen molar-refractivity contribution in [3.05, 3.63) is 12.2 Å². The molecular weight excluding hydrogens is 428 g/mol. The van der Waals surface area contributed by atoms with Gasteiger partial charge in [0.2, 0.25) is 0 Å². The molecule has 0 amide bonds. The lowest BCUT2D eigenvalue weighted by molar-refractivity contribution is -0.137. The van der Waals surface area contributed by atoms with Gasteiger partial charge in [-0.25, -0.2) is 0 Å². The van der Waals surface area contributed by atoms with Crippen LogP contribution in [0.5, 0.6) is 0 Å². The van der Waals surface area contributed by atoms with Gasteiger partial charge in [-0.3, -0.25) is 4.79 Å². The van der Waals surface area contributed by atoms with Gasteiger partial charge in [0, 0.05) is 6.42 Å². The summed E-state index contributed by atoms with van der Waals surface area (Å²) < 4.78 is 0. The molecule has 1 N–H and O–H groups in total. The van der Waals surface area contributed by atoms with Gasteiger partial charge in [0.05, 0.1) is 0 Å². The highest BCUT2D eigenvalue weighted by Crippen LogP contribution is 2.15. The number of carboxylic acids is 1. The molecule has 0 saturated carbocycles. The molecule has 0 aromatic heterocycles. The van der Waals surface area contributed by atoms with E-state index in [0.717, 1.165) is 12.8 Å². The van der Waals surface area contributed by atoms with Crippen LogP contribution < -0.4 is 0 Å². The van der Waals surface area contributed by atoms with E-state index in [0.29, 0.717) is 6.42 Å². The number of allylic oxidation sites excluding steroid dienone is 2. The Morgan fingerprint density at radius 2 is 0.686 bits per heavy atom. The molecular formula is C33H64O2. The fourth-order valence-corrected chi connectivity index (χ4v) is 5.00. The maximum atomic E-state index is 10.5. The summed E-state index contributed by atoms with van der Waals surface area (Å²) in [4.78, 5) is 10.5. The van der Waals surface area contributed by atoms with Crippen LogP contribution in [0.1, 0.15) is 193 Å². The number of hydrogen-bond donors (Lipinski definition) is 1. The molecule has 0 rings (SSSR count). The lowest BCUT2D eigenvalue weighted by Crippen LogP contribution is -1.93. The molecule has 0 heterocycles. The zero-order valence-electron chi connectivity index (χ0n) is 24.0. The number of rotatable bonds is 30. The molecule has 0 bridgehead atoms. The van der Waals surface area contributed by atoms with Crippen molar-refractivity contribution >= 4 is 5.97 Å². The Bertz CT molecular complexity index is 429. The van der Waals surface area contributed by atoms with Crippen LogP contribution in [0.4, 0.5) is 0 Å². The minimum absolute atomic E-state index is 0.345. The Kier molecular flexibility index (Phi) is 30.5. The van der Waals surface area contributed by atoms with Crippen LogP contribution in [-0.4, -0.2) is 11.1 Å². The Morgan fingerprint density at radius 3 is 0.971 bits per heavy atom. The van der Waals surface area contributed by atoms with Crippen LogP contribution in [0.2, 0.25) is 0 Å². The summed E-state index contributed by atoms with van der Waals surface area (Å²) in [5.74, 6) is -0.650. The van der Waals surface area contributed by atoms with Crippen molar-refractivity contribution in [1.82, 2.24) is 0 Å². The SMILES string of the molecule is CCCCCCCC/C=C\CCCCCCCCCCCCCCCCCCCCCCC(=O)O. The molecule has 208 valence electrons. The van der Waals surface area contributed by atoms with E-state index in [1.807, 2.05) is 0 Å². The average molecular weight is 493 g/mol. The normalized spacial score (nSPS) is 11.6. The lowest BCUT2D eigenvalue weighted by Gasteiger charge is -2.04. The molecule has 0 aliphatic heterocycles. The van der Waals surface area contributed by atoms with E-state index >= 15 is 0 Å². The van der Waals surface area contributed by atoms with E-state index in [1.54, 1.807) is 0 Å². The van der Waals surface area contributed by atoms with Gasteiger partial charge >= 0.3 is 5.97 Å². The number of carbonyl (C=O) groups is 1.